The molecule has 2 aliphatic rings. The smallest absolute Gasteiger partial charge is 0.333 e. The Morgan fingerprint density at radius 2 is 2.15 bits per heavy atom. The molecule has 0 spiro atoms. The number of nitrogens with zero attached hydrogens (tertiary/aromatic N) is 4. The van der Waals surface area contributed by atoms with E-state index in [4.69, 9.17) is 17.0 Å². The van der Waals surface area contributed by atoms with Crippen LogP contribution in [0.3, 0.4) is 0 Å². The Labute approximate surface area is 198 Å². The topological polar surface area (TPSA) is 86.4 Å². The van der Waals surface area contributed by atoms with E-state index < -0.39 is 12.4 Å². The quantitative estimate of drug-likeness (QED) is 0.433. The van der Waals surface area contributed by atoms with Gasteiger partial charge in [0.2, 0.25) is 0 Å². The number of rotatable bonds is 7. The van der Waals surface area contributed by atoms with Gasteiger partial charge in [-0.3, -0.25) is 9.80 Å². The van der Waals surface area contributed by atoms with Crippen molar-refractivity contribution >= 4 is 35.0 Å². The maximum Gasteiger partial charge on any atom is 0.333 e. The van der Waals surface area contributed by atoms with Gasteiger partial charge in [-0.1, -0.05) is 18.2 Å². The molecule has 0 bridgehead atoms. The van der Waals surface area contributed by atoms with Crippen LogP contribution < -0.4 is 10.3 Å². The molecule has 1 aromatic carbocycles. The van der Waals surface area contributed by atoms with Crippen LogP contribution in [0.2, 0.25) is 0 Å². The van der Waals surface area contributed by atoms with Gasteiger partial charge in [-0.05, 0) is 29.8 Å². The number of aromatic nitrogens is 2. The zero-order valence-corrected chi connectivity index (χ0v) is 18.5. The Morgan fingerprint density at radius 3 is 2.82 bits per heavy atom. The fraction of sp³-hybridized carbons (Fsp3) is 0.217. The first-order chi connectivity index (χ1) is 16.4. The van der Waals surface area contributed by atoms with Crippen molar-refractivity contribution in [1.29, 1.82) is 5.41 Å². The van der Waals surface area contributed by atoms with E-state index in [-0.39, 0.29) is 35.5 Å². The number of allylic oxidation sites excluding steroid dienone is 6. The number of hydrazone groups is 1. The second-order valence-corrected chi connectivity index (χ2v) is 8.13. The van der Waals surface area contributed by atoms with Gasteiger partial charge in [-0.2, -0.15) is 19.0 Å². The highest BCUT2D eigenvalue weighted by molar-refractivity contribution is 6.47. The summed E-state index contributed by atoms with van der Waals surface area (Å²) < 4.78 is 41.1. The molecule has 1 atom stereocenters. The van der Waals surface area contributed by atoms with Crippen molar-refractivity contribution in [3.63, 3.8) is 0 Å². The summed E-state index contributed by atoms with van der Waals surface area (Å²) in [5, 5.41) is 19.7. The summed E-state index contributed by atoms with van der Waals surface area (Å²) in [7, 11) is 0. The minimum Gasteiger partial charge on any atom is -0.357 e. The minimum absolute atomic E-state index is 0.0676. The standard InChI is InChI=1S/C23H20ClF3N6O/c24-16-2-1-3-17(11-16)30-19(6-8-28)22-21(34)7-9-32(31-22)20-5-4-14(10-18(20)25)15-12-29-33(13-15)23(26)27/h1-6,8,10,12-13,16,23,28,30H,7,9,11H2/b19-6-,28-8?. The number of carbonyl (C=O) groups is 1. The van der Waals surface area contributed by atoms with Crippen LogP contribution in [0.1, 0.15) is 19.4 Å². The number of hydrogen-bond acceptors (Lipinski definition) is 6. The van der Waals surface area contributed by atoms with E-state index in [9.17, 15) is 13.6 Å². The summed E-state index contributed by atoms with van der Waals surface area (Å²) in [6.45, 7) is -2.63. The Balaban J connectivity index is 1.61. The molecule has 2 N–H and O–H groups in total. The predicted octanol–water partition coefficient (Wildman–Crippen LogP) is 4.79. The first-order valence-electron chi connectivity index (χ1n) is 10.4. The first kappa shape index (κ1) is 23.5. The SMILES string of the molecule is N=C/C=C(\NC1=CC=CC(Cl)C1)C1=NN(c2ccc(-c3cnn(C(F)F)c3)cc2F)CCC1=O. The van der Waals surface area contributed by atoms with E-state index in [0.717, 1.165) is 18.1 Å². The van der Waals surface area contributed by atoms with E-state index in [2.05, 4.69) is 15.5 Å². The first-order valence-corrected chi connectivity index (χ1v) is 10.8. The van der Waals surface area contributed by atoms with E-state index in [1.807, 2.05) is 12.2 Å². The Hall–Kier alpha value is -3.66. The van der Waals surface area contributed by atoms with Gasteiger partial charge in [0.05, 0.1) is 23.0 Å². The highest BCUT2D eigenvalue weighted by atomic mass is 35.5. The number of benzene rings is 1. The average molecular weight is 489 g/mol. The Morgan fingerprint density at radius 1 is 1.32 bits per heavy atom. The molecule has 1 aromatic heterocycles. The van der Waals surface area contributed by atoms with Gasteiger partial charge in [0.1, 0.15) is 11.5 Å². The average Bonchev–Trinajstić information content (AvgIpc) is 3.30. The molecule has 2 aromatic rings. The molecule has 0 fully saturated rings. The van der Waals surface area contributed by atoms with Gasteiger partial charge in [0, 0.05) is 43.1 Å². The molecule has 1 aliphatic carbocycles. The van der Waals surface area contributed by atoms with Crippen LogP contribution in [0, 0.1) is 11.2 Å². The largest absolute Gasteiger partial charge is 0.357 e. The zero-order valence-electron chi connectivity index (χ0n) is 17.8. The maximum atomic E-state index is 15.0. The minimum atomic E-state index is -2.79. The highest BCUT2D eigenvalue weighted by Gasteiger charge is 2.26. The van der Waals surface area contributed by atoms with Gasteiger partial charge in [0.25, 0.3) is 0 Å². The number of Topliss-reactive ketones (excluding diaryl/α,β-unsaturated/α-hetero) is 1. The summed E-state index contributed by atoms with van der Waals surface area (Å²) >= 11 is 6.16. The number of ketones is 1. The van der Waals surface area contributed by atoms with Crippen molar-refractivity contribution in [2.75, 3.05) is 11.6 Å². The molecular formula is C23H20ClF3N6O. The van der Waals surface area contributed by atoms with E-state index in [1.165, 1.54) is 29.4 Å². The normalized spacial score (nSPS) is 18.7. The Bertz CT molecular complexity index is 1230. The van der Waals surface area contributed by atoms with Crippen LogP contribution in [0.4, 0.5) is 18.9 Å². The van der Waals surface area contributed by atoms with E-state index >= 15 is 4.39 Å². The molecule has 0 amide bonds. The van der Waals surface area contributed by atoms with Crippen LogP contribution in [-0.4, -0.2) is 39.4 Å². The molecule has 7 nitrogen and oxygen atoms in total. The maximum absolute atomic E-state index is 15.0. The van der Waals surface area contributed by atoms with Crippen LogP contribution in [-0.2, 0) is 4.79 Å². The van der Waals surface area contributed by atoms with Gasteiger partial charge in [-0.15, -0.1) is 11.6 Å². The zero-order chi connectivity index (χ0) is 24.2. The highest BCUT2D eigenvalue weighted by Crippen LogP contribution is 2.29. The fourth-order valence-corrected chi connectivity index (χ4v) is 3.84. The third kappa shape index (κ3) is 5.12. The number of hydrogen-bond donors (Lipinski definition) is 2. The monoisotopic (exact) mass is 488 g/mol. The lowest BCUT2D eigenvalue weighted by Gasteiger charge is -2.27. The van der Waals surface area contributed by atoms with Gasteiger partial charge < -0.3 is 10.7 Å². The molecular weight excluding hydrogens is 469 g/mol. The van der Waals surface area contributed by atoms with Crippen LogP contribution >= 0.6 is 11.6 Å². The van der Waals surface area contributed by atoms with Crippen molar-refractivity contribution < 1.29 is 18.0 Å². The molecule has 11 heteroatoms. The molecule has 1 unspecified atom stereocenters. The lowest BCUT2D eigenvalue weighted by molar-refractivity contribution is -0.113. The third-order valence-electron chi connectivity index (χ3n) is 5.23. The molecule has 0 saturated carbocycles. The fourth-order valence-electron chi connectivity index (χ4n) is 3.59. The number of anilines is 1. The van der Waals surface area contributed by atoms with E-state index in [0.29, 0.717) is 27.9 Å². The number of nitrogens with one attached hydrogen (secondary N) is 2. The van der Waals surface area contributed by atoms with Gasteiger partial charge >= 0.3 is 6.55 Å². The molecule has 176 valence electrons. The van der Waals surface area contributed by atoms with Crippen LogP contribution in [0.25, 0.3) is 11.1 Å². The third-order valence-corrected chi connectivity index (χ3v) is 5.53. The molecule has 1 aliphatic heterocycles. The van der Waals surface area contributed by atoms with Crippen molar-refractivity contribution in [2.24, 2.45) is 5.10 Å². The lowest BCUT2D eigenvalue weighted by atomic mass is 10.0. The summed E-state index contributed by atoms with van der Waals surface area (Å²) in [4.78, 5) is 12.6. The molecule has 4 rings (SSSR count). The number of halogens is 4. The summed E-state index contributed by atoms with van der Waals surface area (Å²) in [6, 6.07) is 4.25. The van der Waals surface area contributed by atoms with Crippen molar-refractivity contribution in [2.45, 2.75) is 24.8 Å². The molecule has 2 heterocycles. The van der Waals surface area contributed by atoms with Crippen molar-refractivity contribution in [1.82, 2.24) is 15.1 Å². The summed E-state index contributed by atoms with van der Waals surface area (Å²) in [5.74, 6) is -0.877. The second-order valence-electron chi connectivity index (χ2n) is 7.57. The molecule has 0 saturated heterocycles. The van der Waals surface area contributed by atoms with Crippen molar-refractivity contribution in [3.8, 4) is 11.1 Å². The summed E-state index contributed by atoms with van der Waals surface area (Å²) in [6.07, 6.45) is 10.9. The van der Waals surface area contributed by atoms with Gasteiger partial charge in [-0.25, -0.2) is 9.07 Å². The van der Waals surface area contributed by atoms with Crippen LogP contribution in [0.5, 0.6) is 0 Å². The summed E-state index contributed by atoms with van der Waals surface area (Å²) in [5.41, 5.74) is 1.98. The molecule has 34 heavy (non-hydrogen) atoms. The lowest BCUT2D eigenvalue weighted by Crippen LogP contribution is -2.37. The van der Waals surface area contributed by atoms with E-state index in [1.54, 1.807) is 12.1 Å². The van der Waals surface area contributed by atoms with Gasteiger partial charge in [0.15, 0.2) is 5.78 Å². The van der Waals surface area contributed by atoms with Crippen molar-refractivity contribution in [3.05, 3.63) is 72.1 Å². The molecule has 0 radical (unpaired) electrons. The Kier molecular flexibility index (Phi) is 6.97. The number of carbonyl (C=O) groups excluding carboxylic acids is 1. The second kappa shape index (κ2) is 10.1. The predicted molar refractivity (Wildman–Crippen MR) is 125 cm³/mol. The number of alkyl halides is 3. The van der Waals surface area contributed by atoms with Crippen LogP contribution in [0.15, 0.2) is 71.4 Å².